The highest BCUT2D eigenvalue weighted by molar-refractivity contribution is 7.99. The average Bonchev–Trinajstić information content (AvgIpc) is 3.27. The third kappa shape index (κ3) is 4.38. The molecule has 1 N–H and O–H groups in total. The van der Waals surface area contributed by atoms with Gasteiger partial charge >= 0.3 is 0 Å². The number of aromatic nitrogens is 2. The molecule has 1 aromatic heterocycles. The second-order valence-corrected chi connectivity index (χ2v) is 8.51. The van der Waals surface area contributed by atoms with Crippen LogP contribution in [0.2, 0.25) is 5.02 Å². The number of carbonyl (C=O) groups excluding carboxylic acids is 1. The van der Waals surface area contributed by atoms with Crippen LogP contribution in [-0.2, 0) is 9.53 Å². The molecular formula is C22H22ClN3O3S. The van der Waals surface area contributed by atoms with Gasteiger partial charge in [0.15, 0.2) is 5.16 Å². The second kappa shape index (κ2) is 9.20. The van der Waals surface area contributed by atoms with Gasteiger partial charge in [0.1, 0.15) is 0 Å². The summed E-state index contributed by atoms with van der Waals surface area (Å²) in [6, 6.07) is 12.6. The zero-order valence-corrected chi connectivity index (χ0v) is 18.1. The van der Waals surface area contributed by atoms with Crippen LogP contribution < -0.4 is 10.9 Å². The predicted octanol–water partition coefficient (Wildman–Crippen LogP) is 3.73. The summed E-state index contributed by atoms with van der Waals surface area (Å²) in [4.78, 5) is 30.3. The van der Waals surface area contributed by atoms with Crippen molar-refractivity contribution in [3.8, 4) is 5.69 Å². The number of ether oxygens (including phenoxy) is 1. The molecule has 3 aromatic rings. The van der Waals surface area contributed by atoms with Gasteiger partial charge in [0, 0.05) is 18.2 Å². The first-order chi connectivity index (χ1) is 14.5. The van der Waals surface area contributed by atoms with Crippen molar-refractivity contribution in [1.82, 2.24) is 14.9 Å². The van der Waals surface area contributed by atoms with Gasteiger partial charge in [-0.25, -0.2) is 4.98 Å². The predicted molar refractivity (Wildman–Crippen MR) is 120 cm³/mol. The maximum absolute atomic E-state index is 13.3. The molecule has 2 heterocycles. The van der Waals surface area contributed by atoms with Crippen molar-refractivity contribution in [2.75, 3.05) is 18.9 Å². The van der Waals surface area contributed by atoms with E-state index in [1.54, 1.807) is 28.8 Å². The Bertz CT molecular complexity index is 1140. The molecule has 1 aliphatic rings. The van der Waals surface area contributed by atoms with Gasteiger partial charge in [0.2, 0.25) is 5.91 Å². The van der Waals surface area contributed by atoms with E-state index in [1.807, 2.05) is 25.1 Å². The summed E-state index contributed by atoms with van der Waals surface area (Å²) in [5, 5.41) is 4.45. The van der Waals surface area contributed by atoms with Crippen LogP contribution in [0.3, 0.4) is 0 Å². The molecule has 1 fully saturated rings. The number of halogens is 1. The van der Waals surface area contributed by atoms with Crippen molar-refractivity contribution in [3.05, 3.63) is 63.4 Å². The number of nitrogens with zero attached hydrogens (tertiary/aromatic N) is 2. The molecule has 1 amide bonds. The molecule has 1 saturated heterocycles. The Morgan fingerprint density at radius 3 is 2.93 bits per heavy atom. The van der Waals surface area contributed by atoms with Crippen LogP contribution in [0.25, 0.3) is 16.6 Å². The summed E-state index contributed by atoms with van der Waals surface area (Å²) < 4.78 is 7.08. The zero-order valence-electron chi connectivity index (χ0n) is 16.6. The van der Waals surface area contributed by atoms with Crippen LogP contribution in [-0.4, -0.2) is 40.5 Å². The molecule has 0 unspecified atom stereocenters. The van der Waals surface area contributed by atoms with E-state index in [0.717, 1.165) is 25.0 Å². The van der Waals surface area contributed by atoms with E-state index in [4.69, 9.17) is 16.3 Å². The van der Waals surface area contributed by atoms with Gasteiger partial charge < -0.3 is 10.1 Å². The Morgan fingerprint density at radius 1 is 1.30 bits per heavy atom. The lowest BCUT2D eigenvalue weighted by atomic mass is 10.2. The zero-order chi connectivity index (χ0) is 21.1. The van der Waals surface area contributed by atoms with E-state index in [-0.39, 0.29) is 23.3 Å². The quantitative estimate of drug-likeness (QED) is 0.464. The van der Waals surface area contributed by atoms with Crippen molar-refractivity contribution < 1.29 is 9.53 Å². The van der Waals surface area contributed by atoms with Gasteiger partial charge in [-0.1, -0.05) is 41.6 Å². The minimum absolute atomic E-state index is 0.0880. The number of carbonyl (C=O) groups is 1. The topological polar surface area (TPSA) is 73.2 Å². The maximum atomic E-state index is 13.3. The highest BCUT2D eigenvalue weighted by Gasteiger charge is 2.19. The van der Waals surface area contributed by atoms with E-state index in [1.165, 1.54) is 11.8 Å². The normalized spacial score (nSPS) is 16.1. The molecule has 0 radical (unpaired) electrons. The molecule has 0 bridgehead atoms. The number of benzene rings is 2. The summed E-state index contributed by atoms with van der Waals surface area (Å²) in [5.74, 6) is 0.0316. The number of hydrogen-bond donors (Lipinski definition) is 1. The van der Waals surface area contributed by atoms with Gasteiger partial charge in [-0.2, -0.15) is 0 Å². The standard InChI is InChI=1S/C22H22ClN3O3S/c1-14-17(23)8-4-10-19(14)26-21(28)16-7-2-3-9-18(16)25-22(26)30-13-20(27)24-12-15-6-5-11-29-15/h2-4,7-10,15H,5-6,11-13H2,1H3,(H,24,27)/t15-/m0/s1. The SMILES string of the molecule is Cc1c(Cl)cccc1-n1c(SCC(=O)NC[C@@H]2CCCO2)nc2ccccc2c1=O. The van der Waals surface area contributed by atoms with E-state index >= 15 is 0 Å². The number of hydrogen-bond acceptors (Lipinski definition) is 5. The average molecular weight is 444 g/mol. The Kier molecular flexibility index (Phi) is 6.41. The fourth-order valence-corrected chi connectivity index (χ4v) is 4.48. The lowest BCUT2D eigenvalue weighted by Crippen LogP contribution is -2.33. The number of para-hydroxylation sites is 1. The van der Waals surface area contributed by atoms with E-state index in [9.17, 15) is 9.59 Å². The van der Waals surface area contributed by atoms with Crippen LogP contribution in [0.1, 0.15) is 18.4 Å². The largest absolute Gasteiger partial charge is 0.376 e. The van der Waals surface area contributed by atoms with Gasteiger partial charge in [-0.05, 0) is 49.6 Å². The van der Waals surface area contributed by atoms with E-state index in [0.29, 0.717) is 33.3 Å². The summed E-state index contributed by atoms with van der Waals surface area (Å²) in [5.41, 5.74) is 1.85. The van der Waals surface area contributed by atoms with Gasteiger partial charge in [0.25, 0.3) is 5.56 Å². The molecule has 2 aromatic carbocycles. The van der Waals surface area contributed by atoms with Crippen LogP contribution in [0, 0.1) is 6.92 Å². The summed E-state index contributed by atoms with van der Waals surface area (Å²) in [6.45, 7) is 3.12. The highest BCUT2D eigenvalue weighted by Crippen LogP contribution is 2.26. The monoisotopic (exact) mass is 443 g/mol. The molecule has 4 rings (SSSR count). The third-order valence-electron chi connectivity index (χ3n) is 5.11. The second-order valence-electron chi connectivity index (χ2n) is 7.16. The van der Waals surface area contributed by atoms with Crippen molar-refractivity contribution in [2.45, 2.75) is 31.0 Å². The maximum Gasteiger partial charge on any atom is 0.266 e. The number of thioether (sulfide) groups is 1. The van der Waals surface area contributed by atoms with Gasteiger partial charge in [-0.3, -0.25) is 14.2 Å². The molecule has 0 spiro atoms. The van der Waals surface area contributed by atoms with Crippen LogP contribution in [0.5, 0.6) is 0 Å². The number of fused-ring (bicyclic) bond motifs is 1. The smallest absolute Gasteiger partial charge is 0.266 e. The molecule has 1 aliphatic heterocycles. The minimum atomic E-state index is -0.187. The molecule has 8 heteroatoms. The Balaban J connectivity index is 1.65. The first-order valence-corrected chi connectivity index (χ1v) is 11.2. The molecule has 6 nitrogen and oxygen atoms in total. The van der Waals surface area contributed by atoms with Gasteiger partial charge in [0.05, 0.1) is 28.4 Å². The summed E-state index contributed by atoms with van der Waals surface area (Å²) >= 11 is 7.53. The molecule has 0 saturated carbocycles. The van der Waals surface area contributed by atoms with Crippen LogP contribution in [0.15, 0.2) is 52.4 Å². The lowest BCUT2D eigenvalue weighted by Gasteiger charge is -2.16. The first kappa shape index (κ1) is 20.9. The summed E-state index contributed by atoms with van der Waals surface area (Å²) in [7, 11) is 0. The molecule has 1 atom stereocenters. The Morgan fingerprint density at radius 2 is 2.13 bits per heavy atom. The first-order valence-electron chi connectivity index (χ1n) is 9.83. The highest BCUT2D eigenvalue weighted by atomic mass is 35.5. The molecular weight excluding hydrogens is 422 g/mol. The van der Waals surface area contributed by atoms with Crippen molar-refractivity contribution in [3.63, 3.8) is 0 Å². The van der Waals surface area contributed by atoms with Crippen LogP contribution >= 0.6 is 23.4 Å². The molecule has 156 valence electrons. The van der Waals surface area contributed by atoms with E-state index in [2.05, 4.69) is 10.3 Å². The molecule has 30 heavy (non-hydrogen) atoms. The van der Waals surface area contributed by atoms with Crippen molar-refractivity contribution >= 4 is 40.2 Å². The van der Waals surface area contributed by atoms with Crippen molar-refractivity contribution in [1.29, 1.82) is 0 Å². The number of rotatable bonds is 6. The number of amides is 1. The van der Waals surface area contributed by atoms with Crippen LogP contribution in [0.4, 0.5) is 0 Å². The van der Waals surface area contributed by atoms with Gasteiger partial charge in [-0.15, -0.1) is 0 Å². The molecule has 0 aliphatic carbocycles. The van der Waals surface area contributed by atoms with Crippen molar-refractivity contribution in [2.24, 2.45) is 0 Å². The van der Waals surface area contributed by atoms with E-state index < -0.39 is 0 Å². The Hall–Kier alpha value is -2.35. The fourth-order valence-electron chi connectivity index (χ4n) is 3.47. The third-order valence-corrected chi connectivity index (χ3v) is 6.46. The Labute approximate surface area is 183 Å². The minimum Gasteiger partial charge on any atom is -0.376 e. The summed E-state index contributed by atoms with van der Waals surface area (Å²) in [6.07, 6.45) is 2.08. The fraction of sp³-hybridized carbons (Fsp3) is 0.318. The number of nitrogens with one attached hydrogen (secondary N) is 1. The lowest BCUT2D eigenvalue weighted by molar-refractivity contribution is -0.119.